The lowest BCUT2D eigenvalue weighted by Crippen LogP contribution is -2.21. The van der Waals surface area contributed by atoms with Crippen molar-refractivity contribution in [2.45, 2.75) is 39.2 Å². The van der Waals surface area contributed by atoms with Crippen LogP contribution in [0.2, 0.25) is 0 Å². The van der Waals surface area contributed by atoms with E-state index in [1.165, 1.54) is 12.0 Å². The van der Waals surface area contributed by atoms with Gasteiger partial charge in [0.25, 0.3) is 0 Å². The molecule has 6 heteroatoms. The molecule has 0 aliphatic rings. The standard InChI is InChI=1S/C13H21N5O/c1-13(2,3)12-10(8-18(4)16-12)7-14-6-5-11-15-9-19-17-11/h8-9,14H,5-7H2,1-4H3. The Labute approximate surface area is 113 Å². The number of nitrogens with zero attached hydrogens (tertiary/aromatic N) is 4. The summed E-state index contributed by atoms with van der Waals surface area (Å²) in [6, 6.07) is 0. The van der Waals surface area contributed by atoms with Crippen molar-refractivity contribution in [3.8, 4) is 0 Å². The molecule has 0 aromatic carbocycles. The van der Waals surface area contributed by atoms with Crippen LogP contribution in [-0.2, 0) is 25.4 Å². The van der Waals surface area contributed by atoms with E-state index < -0.39 is 0 Å². The van der Waals surface area contributed by atoms with Gasteiger partial charge in [-0.1, -0.05) is 25.9 Å². The Kier molecular flexibility index (Phi) is 3.99. The first-order chi connectivity index (χ1) is 8.97. The van der Waals surface area contributed by atoms with E-state index in [0.29, 0.717) is 0 Å². The molecule has 19 heavy (non-hydrogen) atoms. The zero-order valence-corrected chi connectivity index (χ0v) is 12.0. The van der Waals surface area contributed by atoms with Gasteiger partial charge in [0.2, 0.25) is 6.39 Å². The predicted octanol–water partition coefficient (Wildman–Crippen LogP) is 1.43. The fourth-order valence-electron chi connectivity index (χ4n) is 2.02. The molecule has 0 aliphatic heterocycles. The zero-order chi connectivity index (χ0) is 13.9. The fraction of sp³-hybridized carbons (Fsp3) is 0.615. The third-order valence-electron chi connectivity index (χ3n) is 2.86. The van der Waals surface area contributed by atoms with Crippen LogP contribution in [0.25, 0.3) is 0 Å². The molecule has 0 saturated heterocycles. The molecule has 0 amide bonds. The molecule has 2 aromatic rings. The highest BCUT2D eigenvalue weighted by molar-refractivity contribution is 5.23. The molecule has 2 heterocycles. The molecule has 104 valence electrons. The Hall–Kier alpha value is -1.69. The molecule has 1 N–H and O–H groups in total. The second-order valence-electron chi connectivity index (χ2n) is 5.70. The summed E-state index contributed by atoms with van der Waals surface area (Å²) in [6.45, 7) is 8.16. The van der Waals surface area contributed by atoms with Gasteiger partial charge in [-0.3, -0.25) is 4.68 Å². The predicted molar refractivity (Wildman–Crippen MR) is 71.6 cm³/mol. The Morgan fingerprint density at radius 2 is 2.16 bits per heavy atom. The van der Waals surface area contributed by atoms with Crippen LogP contribution in [-0.4, -0.2) is 26.5 Å². The normalized spacial score (nSPS) is 12.0. The van der Waals surface area contributed by atoms with Crippen LogP contribution in [0.5, 0.6) is 0 Å². The monoisotopic (exact) mass is 263 g/mol. The van der Waals surface area contributed by atoms with Crippen LogP contribution < -0.4 is 5.32 Å². The number of aromatic nitrogens is 4. The van der Waals surface area contributed by atoms with Crippen LogP contribution in [0.1, 0.15) is 37.9 Å². The molecular weight excluding hydrogens is 242 g/mol. The van der Waals surface area contributed by atoms with Crippen LogP contribution in [0.3, 0.4) is 0 Å². The van der Waals surface area contributed by atoms with Gasteiger partial charge in [0.05, 0.1) is 5.69 Å². The molecule has 2 rings (SSSR count). The van der Waals surface area contributed by atoms with E-state index in [2.05, 4.69) is 47.5 Å². The highest BCUT2D eigenvalue weighted by Gasteiger charge is 2.21. The lowest BCUT2D eigenvalue weighted by molar-refractivity contribution is 0.409. The van der Waals surface area contributed by atoms with Gasteiger partial charge in [0.1, 0.15) is 0 Å². The molecular formula is C13H21N5O. The minimum atomic E-state index is 0.0615. The van der Waals surface area contributed by atoms with Crippen LogP contribution in [0, 0.1) is 0 Å². The summed E-state index contributed by atoms with van der Waals surface area (Å²) in [7, 11) is 1.96. The van der Waals surface area contributed by atoms with Crippen LogP contribution >= 0.6 is 0 Å². The van der Waals surface area contributed by atoms with Crippen molar-refractivity contribution in [2.75, 3.05) is 6.54 Å². The van der Waals surface area contributed by atoms with E-state index >= 15 is 0 Å². The molecule has 0 aliphatic carbocycles. The van der Waals surface area contributed by atoms with E-state index in [9.17, 15) is 0 Å². The molecule has 0 radical (unpaired) electrons. The minimum Gasteiger partial charge on any atom is -0.343 e. The number of nitrogens with one attached hydrogen (secondary N) is 1. The van der Waals surface area contributed by atoms with Gasteiger partial charge >= 0.3 is 0 Å². The average molecular weight is 263 g/mol. The van der Waals surface area contributed by atoms with Crippen molar-refractivity contribution >= 4 is 0 Å². The van der Waals surface area contributed by atoms with Gasteiger partial charge < -0.3 is 9.84 Å². The number of hydrogen-bond acceptors (Lipinski definition) is 5. The van der Waals surface area contributed by atoms with Crippen LogP contribution in [0.4, 0.5) is 0 Å². The first-order valence-corrected chi connectivity index (χ1v) is 6.46. The van der Waals surface area contributed by atoms with Gasteiger partial charge in [-0.15, -0.1) is 0 Å². The highest BCUT2D eigenvalue weighted by atomic mass is 16.5. The van der Waals surface area contributed by atoms with E-state index in [0.717, 1.165) is 31.0 Å². The Bertz CT molecular complexity index is 510. The van der Waals surface area contributed by atoms with Crippen molar-refractivity contribution < 1.29 is 4.52 Å². The van der Waals surface area contributed by atoms with Crippen molar-refractivity contribution in [3.63, 3.8) is 0 Å². The maximum absolute atomic E-state index is 4.69. The Morgan fingerprint density at radius 3 is 2.79 bits per heavy atom. The fourth-order valence-corrected chi connectivity index (χ4v) is 2.02. The Balaban J connectivity index is 1.89. The second kappa shape index (κ2) is 5.52. The van der Waals surface area contributed by atoms with Crippen LogP contribution in [0.15, 0.2) is 17.1 Å². The molecule has 0 fully saturated rings. The highest BCUT2D eigenvalue weighted by Crippen LogP contribution is 2.23. The summed E-state index contributed by atoms with van der Waals surface area (Å²) < 4.78 is 6.57. The quantitative estimate of drug-likeness (QED) is 0.826. The molecule has 0 atom stereocenters. The van der Waals surface area contributed by atoms with Crippen molar-refractivity contribution in [1.82, 2.24) is 25.2 Å². The van der Waals surface area contributed by atoms with Gasteiger partial charge in [-0.25, -0.2) is 0 Å². The van der Waals surface area contributed by atoms with Crippen molar-refractivity contribution in [1.29, 1.82) is 0 Å². The second-order valence-corrected chi connectivity index (χ2v) is 5.70. The largest absolute Gasteiger partial charge is 0.343 e. The summed E-state index contributed by atoms with van der Waals surface area (Å²) in [4.78, 5) is 3.99. The first kappa shape index (κ1) is 13.7. The topological polar surface area (TPSA) is 68.8 Å². The maximum atomic E-state index is 4.69. The minimum absolute atomic E-state index is 0.0615. The number of aryl methyl sites for hydroxylation is 1. The zero-order valence-electron chi connectivity index (χ0n) is 12.0. The van der Waals surface area contributed by atoms with E-state index in [1.807, 2.05) is 11.7 Å². The first-order valence-electron chi connectivity index (χ1n) is 6.46. The Morgan fingerprint density at radius 1 is 1.37 bits per heavy atom. The van der Waals surface area contributed by atoms with Gasteiger partial charge in [-0.05, 0) is 0 Å². The van der Waals surface area contributed by atoms with E-state index in [4.69, 9.17) is 4.52 Å². The lowest BCUT2D eigenvalue weighted by Gasteiger charge is -2.17. The number of rotatable bonds is 5. The molecule has 0 unspecified atom stereocenters. The van der Waals surface area contributed by atoms with Gasteiger partial charge in [0.15, 0.2) is 5.82 Å². The van der Waals surface area contributed by atoms with E-state index in [1.54, 1.807) is 0 Å². The molecule has 6 nitrogen and oxygen atoms in total. The van der Waals surface area contributed by atoms with E-state index in [-0.39, 0.29) is 5.41 Å². The summed E-state index contributed by atoms with van der Waals surface area (Å²) in [5.41, 5.74) is 2.44. The van der Waals surface area contributed by atoms with Gasteiger partial charge in [0, 0.05) is 43.7 Å². The summed E-state index contributed by atoms with van der Waals surface area (Å²) in [6.07, 6.45) is 4.19. The summed E-state index contributed by atoms with van der Waals surface area (Å²) >= 11 is 0. The van der Waals surface area contributed by atoms with Crippen molar-refractivity contribution in [2.24, 2.45) is 7.05 Å². The third-order valence-corrected chi connectivity index (χ3v) is 2.86. The lowest BCUT2D eigenvalue weighted by atomic mass is 9.89. The molecule has 0 bridgehead atoms. The maximum Gasteiger partial charge on any atom is 0.213 e. The van der Waals surface area contributed by atoms with Crippen molar-refractivity contribution in [3.05, 3.63) is 29.7 Å². The average Bonchev–Trinajstić information content (AvgIpc) is 2.93. The summed E-state index contributed by atoms with van der Waals surface area (Å²) in [5.74, 6) is 0.731. The third kappa shape index (κ3) is 3.64. The van der Waals surface area contributed by atoms with Gasteiger partial charge in [-0.2, -0.15) is 10.1 Å². The molecule has 0 saturated carbocycles. The summed E-state index contributed by atoms with van der Waals surface area (Å²) in [5, 5.41) is 11.7. The molecule has 2 aromatic heterocycles. The smallest absolute Gasteiger partial charge is 0.213 e. The number of hydrogen-bond donors (Lipinski definition) is 1. The SMILES string of the molecule is Cn1cc(CNCCc2ncon2)c(C(C)(C)C)n1. The molecule has 0 spiro atoms.